The molecule has 8 nitrogen and oxygen atoms in total. The van der Waals surface area contributed by atoms with Gasteiger partial charge in [0.2, 0.25) is 0 Å². The largest absolute Gasteiger partial charge is 0.490 e. The van der Waals surface area contributed by atoms with Crippen LogP contribution in [-0.2, 0) is 6.42 Å². The Balaban J connectivity index is 1.70. The first kappa shape index (κ1) is 20.4. The van der Waals surface area contributed by atoms with E-state index in [9.17, 15) is 14.9 Å². The van der Waals surface area contributed by atoms with Gasteiger partial charge in [0.1, 0.15) is 0 Å². The maximum Gasteiger partial charge on any atom is 0.310 e. The third kappa shape index (κ3) is 4.06. The number of hydrogen-bond acceptors (Lipinski definition) is 6. The second kappa shape index (κ2) is 8.45. The number of nitro benzene ring substituents is 1. The molecule has 3 N–H and O–H groups in total. The normalized spacial score (nSPS) is 12.1. The molecule has 0 atom stereocenters. The minimum atomic E-state index is -0.489. The minimum absolute atomic E-state index is 0.107. The number of carbonyl (C=O) groups excluding carboxylic acids is 1. The summed E-state index contributed by atoms with van der Waals surface area (Å²) in [4.78, 5) is 23.4. The van der Waals surface area contributed by atoms with Crippen LogP contribution in [0.2, 0.25) is 0 Å². The average Bonchev–Trinajstić information content (AvgIpc) is 2.91. The summed E-state index contributed by atoms with van der Waals surface area (Å²) in [6.45, 7) is 0.114. The average molecular weight is 419 g/mol. The lowest BCUT2D eigenvalue weighted by molar-refractivity contribution is -0.385. The zero-order chi connectivity index (χ0) is 22.0. The van der Waals surface area contributed by atoms with Crippen LogP contribution in [0.15, 0.2) is 54.6 Å². The molecule has 31 heavy (non-hydrogen) atoms. The highest BCUT2D eigenvalue weighted by Gasteiger charge is 2.21. The number of amides is 1. The number of methoxy groups -OCH3 is 1. The van der Waals surface area contributed by atoms with Gasteiger partial charge in [-0.25, -0.2) is 0 Å². The first-order valence-electron chi connectivity index (χ1n) is 9.79. The predicted octanol–water partition coefficient (Wildman–Crippen LogP) is 4.50. The van der Waals surface area contributed by atoms with Crippen LogP contribution in [0.25, 0.3) is 11.1 Å². The molecule has 3 aromatic rings. The highest BCUT2D eigenvalue weighted by atomic mass is 16.6. The summed E-state index contributed by atoms with van der Waals surface area (Å²) in [6.07, 6.45) is 1.38. The van der Waals surface area contributed by atoms with Gasteiger partial charge in [0, 0.05) is 12.7 Å². The molecule has 1 heterocycles. The highest BCUT2D eigenvalue weighted by Crippen LogP contribution is 2.37. The number of nitrogens with one attached hydrogen (secondary N) is 2. The van der Waals surface area contributed by atoms with Gasteiger partial charge in [-0.05, 0) is 65.9 Å². The third-order valence-electron chi connectivity index (χ3n) is 5.20. The van der Waals surface area contributed by atoms with E-state index < -0.39 is 4.92 Å². The molecule has 158 valence electrons. The van der Waals surface area contributed by atoms with Crippen molar-refractivity contribution in [3.8, 4) is 16.9 Å². The number of ether oxygens (including phenoxy) is 1. The van der Waals surface area contributed by atoms with Crippen LogP contribution >= 0.6 is 0 Å². The Morgan fingerprint density at radius 2 is 1.74 bits per heavy atom. The number of fused-ring (bicyclic) bond motifs is 2. The third-order valence-corrected chi connectivity index (χ3v) is 5.20. The second-order valence-corrected chi connectivity index (χ2v) is 7.19. The van der Waals surface area contributed by atoms with E-state index in [-0.39, 0.29) is 24.0 Å². The minimum Gasteiger partial charge on any atom is -0.490 e. The Hall–Kier alpha value is -3.91. The van der Waals surface area contributed by atoms with E-state index >= 15 is 0 Å². The van der Waals surface area contributed by atoms with E-state index in [0.29, 0.717) is 23.4 Å². The van der Waals surface area contributed by atoms with Gasteiger partial charge in [-0.15, -0.1) is 0 Å². The van der Waals surface area contributed by atoms with E-state index in [4.69, 9.17) is 9.84 Å². The summed E-state index contributed by atoms with van der Waals surface area (Å²) in [7, 11) is 1.39. The Kier molecular flexibility index (Phi) is 5.55. The lowest BCUT2D eigenvalue weighted by atomic mass is 10.0. The SMILES string of the molecule is COc1cc(-c2ccc3c(c2)Nc2ccc(CCCO)cc2NC3=O)ccc1[N+](=O)[O-]. The van der Waals surface area contributed by atoms with E-state index in [1.165, 1.54) is 13.2 Å². The summed E-state index contributed by atoms with van der Waals surface area (Å²) in [6, 6.07) is 15.8. The van der Waals surface area contributed by atoms with Crippen LogP contribution in [0, 0.1) is 10.1 Å². The predicted molar refractivity (Wildman–Crippen MR) is 118 cm³/mol. The van der Waals surface area contributed by atoms with Gasteiger partial charge in [-0.3, -0.25) is 14.9 Å². The number of aliphatic hydroxyl groups excluding tert-OH is 1. The van der Waals surface area contributed by atoms with Crippen molar-refractivity contribution in [2.24, 2.45) is 0 Å². The van der Waals surface area contributed by atoms with Crippen molar-refractivity contribution < 1.29 is 19.6 Å². The van der Waals surface area contributed by atoms with Crippen LogP contribution in [0.1, 0.15) is 22.3 Å². The molecule has 0 spiro atoms. The van der Waals surface area contributed by atoms with Gasteiger partial charge in [0.05, 0.1) is 34.7 Å². The van der Waals surface area contributed by atoms with Gasteiger partial charge < -0.3 is 20.5 Å². The molecule has 0 bridgehead atoms. The van der Waals surface area contributed by atoms with Crippen molar-refractivity contribution in [3.63, 3.8) is 0 Å². The highest BCUT2D eigenvalue weighted by molar-refractivity contribution is 6.12. The molecule has 0 radical (unpaired) electrons. The number of nitrogens with zero attached hydrogens (tertiary/aromatic N) is 1. The number of nitro groups is 1. The van der Waals surface area contributed by atoms with Crippen LogP contribution in [0.3, 0.4) is 0 Å². The van der Waals surface area contributed by atoms with Crippen molar-refractivity contribution >= 4 is 28.7 Å². The fourth-order valence-electron chi connectivity index (χ4n) is 3.61. The molecular formula is C23H21N3O5. The van der Waals surface area contributed by atoms with Crippen molar-refractivity contribution in [3.05, 3.63) is 75.8 Å². The molecule has 0 saturated carbocycles. The zero-order valence-corrected chi connectivity index (χ0v) is 16.8. The van der Waals surface area contributed by atoms with Crippen molar-refractivity contribution in [2.75, 3.05) is 24.4 Å². The molecule has 3 aromatic carbocycles. The topological polar surface area (TPSA) is 114 Å². The van der Waals surface area contributed by atoms with Gasteiger partial charge in [0.15, 0.2) is 5.75 Å². The molecule has 1 aliphatic rings. The summed E-state index contributed by atoms with van der Waals surface area (Å²) < 4.78 is 5.17. The lowest BCUT2D eigenvalue weighted by Crippen LogP contribution is -2.10. The summed E-state index contributed by atoms with van der Waals surface area (Å²) in [5.74, 6) is -0.0581. The van der Waals surface area contributed by atoms with Crippen LogP contribution in [0.5, 0.6) is 5.75 Å². The molecular weight excluding hydrogens is 398 g/mol. The molecule has 0 saturated heterocycles. The number of benzene rings is 3. The van der Waals surface area contributed by atoms with Crippen LogP contribution in [0.4, 0.5) is 22.7 Å². The molecule has 0 fully saturated rings. The summed E-state index contributed by atoms with van der Waals surface area (Å²) in [5, 5.41) is 26.4. The smallest absolute Gasteiger partial charge is 0.310 e. The Labute approximate surface area is 178 Å². The van der Waals surface area contributed by atoms with Gasteiger partial charge in [-0.1, -0.05) is 12.1 Å². The monoisotopic (exact) mass is 419 g/mol. The maximum atomic E-state index is 12.8. The van der Waals surface area contributed by atoms with Crippen molar-refractivity contribution in [2.45, 2.75) is 12.8 Å². The van der Waals surface area contributed by atoms with Gasteiger partial charge in [0.25, 0.3) is 5.91 Å². The van der Waals surface area contributed by atoms with E-state index in [0.717, 1.165) is 28.8 Å². The maximum absolute atomic E-state index is 12.8. The molecule has 1 aliphatic heterocycles. The first-order chi connectivity index (χ1) is 15.0. The molecule has 0 aliphatic carbocycles. The Bertz CT molecular complexity index is 1180. The number of rotatable bonds is 6. The fourth-order valence-corrected chi connectivity index (χ4v) is 3.61. The number of aliphatic hydroxyl groups is 1. The fraction of sp³-hybridized carbons (Fsp3) is 0.174. The van der Waals surface area contributed by atoms with E-state index in [1.807, 2.05) is 24.3 Å². The standard InChI is InChI=1S/C23H21N3O5/c1-31-22-13-16(6-9-21(22)26(29)30)15-5-7-17-19(12-15)24-18-8-4-14(3-2-10-27)11-20(18)25-23(17)28/h4-9,11-13,24,27H,2-3,10H2,1H3,(H,25,28). The summed E-state index contributed by atoms with van der Waals surface area (Å²) >= 11 is 0. The second-order valence-electron chi connectivity index (χ2n) is 7.19. The molecule has 8 heteroatoms. The zero-order valence-electron chi connectivity index (χ0n) is 16.8. The quantitative estimate of drug-likeness (QED) is 0.400. The number of carbonyl (C=O) groups is 1. The molecule has 0 unspecified atom stereocenters. The number of anilines is 3. The van der Waals surface area contributed by atoms with Crippen LogP contribution < -0.4 is 15.4 Å². The van der Waals surface area contributed by atoms with E-state index in [2.05, 4.69) is 10.6 Å². The Morgan fingerprint density at radius 1 is 0.968 bits per heavy atom. The lowest BCUT2D eigenvalue weighted by Gasteiger charge is -2.12. The summed E-state index contributed by atoms with van der Waals surface area (Å²) in [5.41, 5.74) is 5.00. The van der Waals surface area contributed by atoms with Gasteiger partial charge in [-0.2, -0.15) is 0 Å². The van der Waals surface area contributed by atoms with Crippen molar-refractivity contribution in [1.82, 2.24) is 0 Å². The molecule has 1 amide bonds. The first-order valence-corrected chi connectivity index (χ1v) is 9.79. The molecule has 0 aromatic heterocycles. The molecule has 4 rings (SSSR count). The van der Waals surface area contributed by atoms with Gasteiger partial charge >= 0.3 is 5.69 Å². The number of hydrogen-bond donors (Lipinski definition) is 3. The Morgan fingerprint density at radius 3 is 2.48 bits per heavy atom. The van der Waals surface area contributed by atoms with Crippen molar-refractivity contribution in [1.29, 1.82) is 0 Å². The number of aryl methyl sites for hydroxylation is 1. The van der Waals surface area contributed by atoms with Crippen LogP contribution in [-0.4, -0.2) is 29.7 Å². The van der Waals surface area contributed by atoms with E-state index in [1.54, 1.807) is 24.3 Å².